The third-order valence-electron chi connectivity index (χ3n) is 4.44. The Labute approximate surface area is 125 Å². The fraction of sp³-hybridized carbons (Fsp3) is 0.562. The maximum Gasteiger partial charge on any atom is 0.329 e. The van der Waals surface area contributed by atoms with Crippen LogP contribution < -0.4 is 5.32 Å². The van der Waals surface area contributed by atoms with Gasteiger partial charge < -0.3 is 10.4 Å². The van der Waals surface area contributed by atoms with Crippen LogP contribution in [0, 0.1) is 11.8 Å². The smallest absolute Gasteiger partial charge is 0.329 e. The molecule has 1 aromatic carbocycles. The van der Waals surface area contributed by atoms with E-state index in [0.29, 0.717) is 29.7 Å². The Morgan fingerprint density at radius 1 is 1.40 bits per heavy atom. The van der Waals surface area contributed by atoms with Gasteiger partial charge in [0.2, 0.25) is 0 Å². The van der Waals surface area contributed by atoms with Crippen molar-refractivity contribution in [2.45, 2.75) is 45.1 Å². The Bertz CT molecular complexity index is 479. The van der Waals surface area contributed by atoms with Crippen molar-refractivity contribution in [1.82, 2.24) is 0 Å². The molecule has 0 amide bonds. The molecule has 1 fully saturated rings. The van der Waals surface area contributed by atoms with Crippen molar-refractivity contribution in [3.05, 3.63) is 29.3 Å². The van der Waals surface area contributed by atoms with E-state index in [0.717, 1.165) is 18.5 Å². The van der Waals surface area contributed by atoms with Gasteiger partial charge in [-0.3, -0.25) is 0 Å². The Kier molecular flexibility index (Phi) is 4.59. The molecule has 4 heteroatoms. The van der Waals surface area contributed by atoms with E-state index in [1.165, 1.54) is 0 Å². The van der Waals surface area contributed by atoms with Gasteiger partial charge in [0.05, 0.1) is 0 Å². The summed E-state index contributed by atoms with van der Waals surface area (Å²) in [7, 11) is 0. The molecule has 0 aliphatic heterocycles. The van der Waals surface area contributed by atoms with E-state index >= 15 is 0 Å². The molecule has 0 heterocycles. The quantitative estimate of drug-likeness (QED) is 0.864. The number of aliphatic carboxylic acids is 1. The lowest BCUT2D eigenvalue weighted by molar-refractivity contribution is -0.144. The zero-order valence-electron chi connectivity index (χ0n) is 12.0. The van der Waals surface area contributed by atoms with Gasteiger partial charge >= 0.3 is 5.97 Å². The van der Waals surface area contributed by atoms with E-state index in [1.54, 1.807) is 12.1 Å². The molecule has 1 aliphatic rings. The average molecular weight is 296 g/mol. The van der Waals surface area contributed by atoms with Crippen LogP contribution >= 0.6 is 11.6 Å². The van der Waals surface area contributed by atoms with Crippen LogP contribution in [0.5, 0.6) is 0 Å². The largest absolute Gasteiger partial charge is 0.480 e. The highest BCUT2D eigenvalue weighted by molar-refractivity contribution is 6.30. The summed E-state index contributed by atoms with van der Waals surface area (Å²) in [5.41, 5.74) is -0.0707. The summed E-state index contributed by atoms with van der Waals surface area (Å²) in [5, 5.41) is 13.5. The van der Waals surface area contributed by atoms with E-state index in [4.69, 9.17) is 11.6 Å². The Balaban J connectivity index is 2.14. The van der Waals surface area contributed by atoms with Crippen molar-refractivity contribution in [2.24, 2.45) is 11.8 Å². The van der Waals surface area contributed by atoms with E-state index in [-0.39, 0.29) is 0 Å². The first kappa shape index (κ1) is 15.2. The van der Waals surface area contributed by atoms with Crippen LogP contribution in [0.4, 0.5) is 5.69 Å². The molecule has 0 atom stereocenters. The van der Waals surface area contributed by atoms with Gasteiger partial charge in [0.1, 0.15) is 5.54 Å². The second-order valence-electron chi connectivity index (χ2n) is 6.10. The molecule has 110 valence electrons. The van der Waals surface area contributed by atoms with Gasteiger partial charge in [-0.25, -0.2) is 4.79 Å². The standard InChI is InChI=1S/C16H22ClNO2/c1-11(2)12-6-8-16(9-7-12,15(19)20)18-14-5-3-4-13(17)10-14/h3-5,10-12,18H,6-9H2,1-2H3,(H,19,20). The molecular formula is C16H22ClNO2. The van der Waals surface area contributed by atoms with Gasteiger partial charge in [0.15, 0.2) is 0 Å². The van der Waals surface area contributed by atoms with Crippen LogP contribution in [0.1, 0.15) is 39.5 Å². The molecule has 0 aromatic heterocycles. The van der Waals surface area contributed by atoms with Crippen molar-refractivity contribution >= 4 is 23.3 Å². The van der Waals surface area contributed by atoms with E-state index in [1.807, 2.05) is 12.1 Å². The molecule has 1 saturated carbocycles. The molecule has 0 bridgehead atoms. The van der Waals surface area contributed by atoms with Crippen LogP contribution in [0.25, 0.3) is 0 Å². The lowest BCUT2D eigenvalue weighted by Crippen LogP contribution is -2.49. The zero-order valence-corrected chi connectivity index (χ0v) is 12.8. The summed E-state index contributed by atoms with van der Waals surface area (Å²) >= 11 is 5.96. The highest BCUT2D eigenvalue weighted by atomic mass is 35.5. The van der Waals surface area contributed by atoms with Crippen LogP contribution in [0.2, 0.25) is 5.02 Å². The number of anilines is 1. The molecule has 20 heavy (non-hydrogen) atoms. The summed E-state index contributed by atoms with van der Waals surface area (Å²) in [6.07, 6.45) is 3.24. The van der Waals surface area contributed by atoms with Gasteiger partial charge in [0.25, 0.3) is 0 Å². The highest BCUT2D eigenvalue weighted by Gasteiger charge is 2.42. The third-order valence-corrected chi connectivity index (χ3v) is 4.68. The number of carboxylic acid groups (broad SMARTS) is 1. The van der Waals surface area contributed by atoms with E-state index < -0.39 is 11.5 Å². The summed E-state index contributed by atoms with van der Waals surface area (Å²) < 4.78 is 0. The van der Waals surface area contributed by atoms with Gasteiger partial charge in [0, 0.05) is 10.7 Å². The minimum Gasteiger partial charge on any atom is -0.480 e. The predicted octanol–water partition coefficient (Wildman–Crippen LogP) is 4.42. The molecule has 0 saturated heterocycles. The number of rotatable bonds is 4. The van der Waals surface area contributed by atoms with Crippen molar-refractivity contribution in [3.63, 3.8) is 0 Å². The molecule has 2 N–H and O–H groups in total. The van der Waals surface area contributed by atoms with Crippen molar-refractivity contribution in [1.29, 1.82) is 0 Å². The Morgan fingerprint density at radius 2 is 2.05 bits per heavy atom. The topological polar surface area (TPSA) is 49.3 Å². The SMILES string of the molecule is CC(C)C1CCC(Nc2cccc(Cl)c2)(C(=O)O)CC1. The number of nitrogens with one attached hydrogen (secondary N) is 1. The van der Waals surface area contributed by atoms with Gasteiger partial charge in [-0.1, -0.05) is 31.5 Å². The van der Waals surface area contributed by atoms with Gasteiger partial charge in [-0.05, 0) is 55.7 Å². The molecule has 2 rings (SSSR count). The molecule has 1 aliphatic carbocycles. The monoisotopic (exact) mass is 295 g/mol. The van der Waals surface area contributed by atoms with Gasteiger partial charge in [-0.2, -0.15) is 0 Å². The lowest BCUT2D eigenvalue weighted by Gasteiger charge is -2.39. The average Bonchev–Trinajstić information content (AvgIpc) is 2.39. The zero-order chi connectivity index (χ0) is 14.8. The normalized spacial score (nSPS) is 26.5. The maximum absolute atomic E-state index is 11.7. The first-order valence-corrected chi connectivity index (χ1v) is 7.58. The minimum atomic E-state index is -0.851. The molecule has 3 nitrogen and oxygen atoms in total. The van der Waals surface area contributed by atoms with Crippen molar-refractivity contribution in [3.8, 4) is 0 Å². The molecule has 0 radical (unpaired) electrons. The number of halogens is 1. The number of carbonyl (C=O) groups is 1. The summed E-state index contributed by atoms with van der Waals surface area (Å²) in [6.45, 7) is 4.42. The predicted molar refractivity (Wildman–Crippen MR) is 82.2 cm³/mol. The summed E-state index contributed by atoms with van der Waals surface area (Å²) in [5.74, 6) is 0.483. The van der Waals surface area contributed by atoms with Crippen LogP contribution in [-0.4, -0.2) is 16.6 Å². The van der Waals surface area contributed by atoms with Gasteiger partial charge in [-0.15, -0.1) is 0 Å². The summed E-state index contributed by atoms with van der Waals surface area (Å²) in [4.78, 5) is 11.7. The number of hydrogen-bond donors (Lipinski definition) is 2. The van der Waals surface area contributed by atoms with Crippen LogP contribution in [0.15, 0.2) is 24.3 Å². The summed E-state index contributed by atoms with van der Waals surface area (Å²) in [6, 6.07) is 7.27. The maximum atomic E-state index is 11.7. The fourth-order valence-corrected chi connectivity index (χ4v) is 3.22. The van der Waals surface area contributed by atoms with Crippen LogP contribution in [0.3, 0.4) is 0 Å². The Morgan fingerprint density at radius 3 is 2.55 bits per heavy atom. The van der Waals surface area contributed by atoms with E-state index in [2.05, 4.69) is 19.2 Å². The number of hydrogen-bond acceptors (Lipinski definition) is 2. The van der Waals surface area contributed by atoms with E-state index in [9.17, 15) is 9.90 Å². The second-order valence-corrected chi connectivity index (χ2v) is 6.54. The van der Waals surface area contributed by atoms with Crippen LogP contribution in [-0.2, 0) is 4.79 Å². The lowest BCUT2D eigenvalue weighted by atomic mass is 9.72. The molecule has 0 unspecified atom stereocenters. The minimum absolute atomic E-state index is 0.617. The fourth-order valence-electron chi connectivity index (χ4n) is 3.03. The first-order chi connectivity index (χ1) is 9.43. The highest BCUT2D eigenvalue weighted by Crippen LogP contribution is 2.38. The van der Waals surface area contributed by atoms with Crippen molar-refractivity contribution in [2.75, 3.05) is 5.32 Å². The second kappa shape index (κ2) is 6.04. The van der Waals surface area contributed by atoms with Crippen molar-refractivity contribution < 1.29 is 9.90 Å². The number of carboxylic acids is 1. The molecular weight excluding hydrogens is 274 g/mol. The first-order valence-electron chi connectivity index (χ1n) is 7.20. The molecule has 1 aromatic rings. The third kappa shape index (κ3) is 3.26. The Hall–Kier alpha value is -1.22. The molecule has 0 spiro atoms. The number of benzene rings is 1.